The molecule has 1 N–H and O–H groups in total. The summed E-state index contributed by atoms with van der Waals surface area (Å²) in [5.74, 6) is 0.936. The van der Waals surface area contributed by atoms with Gasteiger partial charge in [0.05, 0.1) is 20.9 Å². The van der Waals surface area contributed by atoms with Crippen LogP contribution in [0, 0.1) is 0 Å². The van der Waals surface area contributed by atoms with Crippen LogP contribution in [0.5, 0.6) is 11.5 Å². The first kappa shape index (κ1) is 19.5. The highest BCUT2D eigenvalue weighted by atomic mass is 19.1. The molecule has 2 rings (SSSR count). The lowest BCUT2D eigenvalue weighted by Crippen LogP contribution is -2.40. The second kappa shape index (κ2) is 9.61. The maximum atomic E-state index is 12.6. The van der Waals surface area contributed by atoms with Gasteiger partial charge in [0.15, 0.2) is 11.5 Å². The van der Waals surface area contributed by atoms with E-state index in [1.807, 2.05) is 0 Å². The Labute approximate surface area is 149 Å². The van der Waals surface area contributed by atoms with E-state index in [9.17, 15) is 9.18 Å². The Morgan fingerprint density at radius 2 is 2.16 bits per heavy atom. The second-order valence-corrected chi connectivity index (χ2v) is 6.30. The predicted octanol–water partition coefficient (Wildman–Crippen LogP) is 2.82. The van der Waals surface area contributed by atoms with Gasteiger partial charge < -0.3 is 14.8 Å². The van der Waals surface area contributed by atoms with Gasteiger partial charge in [-0.25, -0.2) is 0 Å². The zero-order chi connectivity index (χ0) is 18.2. The molecule has 1 aromatic rings. The molecule has 1 aromatic carbocycles. The molecule has 0 aliphatic carbocycles. The monoisotopic (exact) mass is 352 g/mol. The van der Waals surface area contributed by atoms with Gasteiger partial charge in [-0.1, -0.05) is 6.92 Å². The van der Waals surface area contributed by atoms with Crippen LogP contribution >= 0.6 is 0 Å². The summed E-state index contributed by atoms with van der Waals surface area (Å²) < 4.78 is 23.3. The summed E-state index contributed by atoms with van der Waals surface area (Å²) in [6, 6.07) is 3.86. The van der Waals surface area contributed by atoms with Crippen LogP contribution in [0.15, 0.2) is 12.1 Å². The van der Waals surface area contributed by atoms with Crippen LogP contribution in [0.4, 0.5) is 4.39 Å². The number of carbonyl (C=O) groups is 1. The molecule has 1 amide bonds. The molecule has 140 valence electrons. The van der Waals surface area contributed by atoms with Crippen molar-refractivity contribution in [2.75, 3.05) is 40.5 Å². The van der Waals surface area contributed by atoms with Crippen LogP contribution in [-0.4, -0.2) is 57.4 Å². The maximum Gasteiger partial charge on any atom is 0.251 e. The molecule has 0 bridgehead atoms. The Morgan fingerprint density at radius 1 is 1.36 bits per heavy atom. The maximum absolute atomic E-state index is 12.6. The van der Waals surface area contributed by atoms with E-state index < -0.39 is 6.67 Å². The van der Waals surface area contributed by atoms with Crippen molar-refractivity contribution in [2.45, 2.75) is 38.6 Å². The molecule has 0 spiro atoms. The zero-order valence-electron chi connectivity index (χ0n) is 15.4. The van der Waals surface area contributed by atoms with E-state index in [4.69, 9.17) is 9.47 Å². The predicted molar refractivity (Wildman–Crippen MR) is 96.4 cm³/mol. The Hall–Kier alpha value is -1.82. The van der Waals surface area contributed by atoms with E-state index >= 15 is 0 Å². The molecular formula is C19H29FN2O3. The van der Waals surface area contributed by atoms with E-state index in [-0.39, 0.29) is 5.91 Å². The summed E-state index contributed by atoms with van der Waals surface area (Å²) in [5.41, 5.74) is 1.31. The minimum atomic E-state index is -0.406. The van der Waals surface area contributed by atoms with Crippen molar-refractivity contribution in [2.24, 2.45) is 0 Å². The number of carbonyl (C=O) groups excluding carboxylic acids is 1. The number of rotatable bonds is 9. The van der Waals surface area contributed by atoms with Crippen molar-refractivity contribution in [3.63, 3.8) is 0 Å². The fourth-order valence-corrected chi connectivity index (χ4v) is 3.47. The highest BCUT2D eigenvalue weighted by molar-refractivity contribution is 5.95. The van der Waals surface area contributed by atoms with Gasteiger partial charge in [-0.3, -0.25) is 14.1 Å². The van der Waals surface area contributed by atoms with Crippen LogP contribution in [0.2, 0.25) is 0 Å². The number of nitrogens with one attached hydrogen (secondary N) is 1. The van der Waals surface area contributed by atoms with Gasteiger partial charge in [-0.2, -0.15) is 0 Å². The zero-order valence-corrected chi connectivity index (χ0v) is 15.4. The highest BCUT2D eigenvalue weighted by Crippen LogP contribution is 2.33. The van der Waals surface area contributed by atoms with Crippen molar-refractivity contribution in [1.82, 2.24) is 10.2 Å². The molecule has 1 aliphatic rings. The van der Waals surface area contributed by atoms with Crippen molar-refractivity contribution in [1.29, 1.82) is 0 Å². The SMILES string of the molecule is CCN1CCC[C@H]1CNC(=O)c1cc(CCCF)c(OC)c(OC)c1. The highest BCUT2D eigenvalue weighted by Gasteiger charge is 2.24. The fourth-order valence-electron chi connectivity index (χ4n) is 3.47. The number of ether oxygens (including phenoxy) is 2. The number of likely N-dealkylation sites (N-methyl/N-ethyl adjacent to an activating group) is 1. The first-order valence-corrected chi connectivity index (χ1v) is 8.97. The standard InChI is InChI=1S/C19H29FN2O3/c1-4-22-10-6-8-16(22)13-21-19(23)15-11-14(7-5-9-20)18(25-3)17(12-15)24-2/h11-12,16H,4-10,13H2,1-3H3,(H,21,23)/t16-/m0/s1. The third kappa shape index (κ3) is 4.84. The smallest absolute Gasteiger partial charge is 0.251 e. The molecule has 0 aromatic heterocycles. The molecule has 0 saturated carbocycles. The number of methoxy groups -OCH3 is 2. The lowest BCUT2D eigenvalue weighted by Gasteiger charge is -2.23. The van der Waals surface area contributed by atoms with Crippen LogP contribution < -0.4 is 14.8 Å². The molecule has 0 unspecified atom stereocenters. The number of nitrogens with zero attached hydrogens (tertiary/aromatic N) is 1. The van der Waals surface area contributed by atoms with Crippen molar-refractivity contribution in [3.8, 4) is 11.5 Å². The van der Waals surface area contributed by atoms with E-state index in [1.165, 1.54) is 13.5 Å². The van der Waals surface area contributed by atoms with Crippen molar-refractivity contribution < 1.29 is 18.7 Å². The molecule has 6 heteroatoms. The summed E-state index contributed by atoms with van der Waals surface area (Å²) in [6.45, 7) is 4.48. The van der Waals surface area contributed by atoms with E-state index in [1.54, 1.807) is 19.2 Å². The van der Waals surface area contributed by atoms with Crippen LogP contribution in [-0.2, 0) is 6.42 Å². The molecule has 1 saturated heterocycles. The molecule has 1 heterocycles. The van der Waals surface area contributed by atoms with Gasteiger partial charge >= 0.3 is 0 Å². The first-order valence-electron chi connectivity index (χ1n) is 8.97. The Bertz CT molecular complexity index is 580. The molecule has 1 atom stereocenters. The number of halogens is 1. The third-order valence-electron chi connectivity index (χ3n) is 4.80. The van der Waals surface area contributed by atoms with Gasteiger partial charge in [0.2, 0.25) is 0 Å². The minimum Gasteiger partial charge on any atom is -0.493 e. The topological polar surface area (TPSA) is 50.8 Å². The van der Waals surface area contributed by atoms with Crippen LogP contribution in [0.1, 0.15) is 42.1 Å². The largest absolute Gasteiger partial charge is 0.493 e. The van der Waals surface area contributed by atoms with E-state index in [2.05, 4.69) is 17.1 Å². The minimum absolute atomic E-state index is 0.134. The Balaban J connectivity index is 2.12. The van der Waals surface area contributed by atoms with Crippen molar-refractivity contribution in [3.05, 3.63) is 23.3 Å². The van der Waals surface area contributed by atoms with Gasteiger partial charge in [-0.05, 0) is 56.5 Å². The average molecular weight is 352 g/mol. The molecule has 25 heavy (non-hydrogen) atoms. The summed E-state index contributed by atoms with van der Waals surface area (Å²) in [6.07, 6.45) is 3.18. The van der Waals surface area contributed by atoms with E-state index in [0.29, 0.717) is 42.5 Å². The number of hydrogen-bond acceptors (Lipinski definition) is 4. The average Bonchev–Trinajstić information content (AvgIpc) is 3.10. The molecule has 0 radical (unpaired) electrons. The number of aryl methyl sites for hydroxylation is 1. The number of alkyl halides is 1. The Morgan fingerprint density at radius 3 is 2.80 bits per heavy atom. The number of benzene rings is 1. The van der Waals surface area contributed by atoms with Gasteiger partial charge in [0.25, 0.3) is 5.91 Å². The van der Waals surface area contributed by atoms with Crippen LogP contribution in [0.3, 0.4) is 0 Å². The third-order valence-corrected chi connectivity index (χ3v) is 4.80. The summed E-state index contributed by atoms with van der Waals surface area (Å²) in [7, 11) is 3.09. The van der Waals surface area contributed by atoms with Gasteiger partial charge in [-0.15, -0.1) is 0 Å². The number of hydrogen-bond donors (Lipinski definition) is 1. The molecule has 5 nitrogen and oxygen atoms in total. The lowest BCUT2D eigenvalue weighted by molar-refractivity contribution is 0.0941. The normalized spacial score (nSPS) is 17.5. The van der Waals surface area contributed by atoms with Gasteiger partial charge in [0, 0.05) is 18.2 Å². The fraction of sp³-hybridized carbons (Fsp3) is 0.632. The Kier molecular flexibility index (Phi) is 7.50. The van der Waals surface area contributed by atoms with E-state index in [0.717, 1.165) is 25.1 Å². The first-order chi connectivity index (χ1) is 12.1. The second-order valence-electron chi connectivity index (χ2n) is 6.30. The molecule has 1 aliphatic heterocycles. The summed E-state index contributed by atoms with van der Waals surface area (Å²) in [4.78, 5) is 15.0. The quantitative estimate of drug-likeness (QED) is 0.742. The van der Waals surface area contributed by atoms with Crippen molar-refractivity contribution >= 4 is 5.91 Å². The number of likely N-dealkylation sites (tertiary alicyclic amines) is 1. The lowest BCUT2D eigenvalue weighted by atomic mass is 10.0. The summed E-state index contributed by atoms with van der Waals surface area (Å²) >= 11 is 0. The summed E-state index contributed by atoms with van der Waals surface area (Å²) in [5, 5.41) is 3.03. The van der Waals surface area contributed by atoms with Gasteiger partial charge in [0.1, 0.15) is 0 Å². The number of amides is 1. The van der Waals surface area contributed by atoms with Crippen LogP contribution in [0.25, 0.3) is 0 Å². The molecule has 1 fully saturated rings. The molecular weight excluding hydrogens is 323 g/mol.